The number of nitrogens with one attached hydrogen (secondary N) is 1. The van der Waals surface area contributed by atoms with Gasteiger partial charge in [0.05, 0.1) is 5.56 Å². The maximum absolute atomic E-state index is 13.9. The van der Waals surface area contributed by atoms with Gasteiger partial charge in [-0.25, -0.2) is 9.37 Å². The summed E-state index contributed by atoms with van der Waals surface area (Å²) in [5.41, 5.74) is 1.27. The van der Waals surface area contributed by atoms with E-state index in [4.69, 9.17) is 0 Å². The first-order chi connectivity index (χ1) is 12.6. The summed E-state index contributed by atoms with van der Waals surface area (Å²) in [4.78, 5) is 21.1. The van der Waals surface area contributed by atoms with E-state index in [2.05, 4.69) is 15.2 Å². The number of likely N-dealkylation sites (N-methyl/N-ethyl adjacent to an activating group) is 1. The standard InChI is InChI=1S/C20H25FN4O/c1-22-19-17(9-5-11-23-19)20(26)24(2)16-8-6-12-25(14-16)13-15-7-3-4-10-18(15)21/h3-5,7,9-11,16H,6,8,12-14H2,1-2H3,(H,22,23)/t16-/m1/s1. The van der Waals surface area contributed by atoms with Crippen molar-refractivity contribution in [3.05, 3.63) is 59.5 Å². The molecule has 1 atom stereocenters. The molecule has 1 saturated heterocycles. The molecule has 1 aromatic carbocycles. The van der Waals surface area contributed by atoms with Crippen LogP contribution in [0.1, 0.15) is 28.8 Å². The fourth-order valence-corrected chi connectivity index (χ4v) is 3.49. The number of hydrogen-bond acceptors (Lipinski definition) is 4. The van der Waals surface area contributed by atoms with Crippen LogP contribution in [0.3, 0.4) is 0 Å². The largest absolute Gasteiger partial charge is 0.372 e. The Morgan fingerprint density at radius 1 is 1.35 bits per heavy atom. The Hall–Kier alpha value is -2.47. The van der Waals surface area contributed by atoms with E-state index in [1.165, 1.54) is 6.07 Å². The SMILES string of the molecule is CNc1ncccc1C(=O)N(C)[C@@H]1CCCN(Cc2ccccc2F)C1. The van der Waals surface area contributed by atoms with Crippen molar-refractivity contribution in [2.45, 2.75) is 25.4 Å². The predicted molar refractivity (Wildman–Crippen MR) is 101 cm³/mol. The van der Waals surface area contributed by atoms with Crippen molar-refractivity contribution in [3.63, 3.8) is 0 Å². The number of hydrogen-bond donors (Lipinski definition) is 1. The van der Waals surface area contributed by atoms with Gasteiger partial charge in [-0.1, -0.05) is 18.2 Å². The van der Waals surface area contributed by atoms with E-state index in [9.17, 15) is 9.18 Å². The number of aromatic nitrogens is 1. The van der Waals surface area contributed by atoms with Crippen molar-refractivity contribution in [1.82, 2.24) is 14.8 Å². The van der Waals surface area contributed by atoms with Crippen LogP contribution in [0, 0.1) is 5.82 Å². The third kappa shape index (κ3) is 4.02. The van der Waals surface area contributed by atoms with Crippen molar-refractivity contribution in [1.29, 1.82) is 0 Å². The van der Waals surface area contributed by atoms with Gasteiger partial charge in [-0.3, -0.25) is 9.69 Å². The molecule has 6 heteroatoms. The van der Waals surface area contributed by atoms with Crippen molar-refractivity contribution in [2.24, 2.45) is 0 Å². The molecule has 1 aliphatic rings. The summed E-state index contributed by atoms with van der Waals surface area (Å²) in [6.07, 6.45) is 3.60. The van der Waals surface area contributed by atoms with Gasteiger partial charge >= 0.3 is 0 Å². The van der Waals surface area contributed by atoms with Crippen LogP contribution in [0.4, 0.5) is 10.2 Å². The van der Waals surface area contributed by atoms with Gasteiger partial charge < -0.3 is 10.2 Å². The number of amides is 1. The maximum Gasteiger partial charge on any atom is 0.257 e. The minimum Gasteiger partial charge on any atom is -0.372 e. The molecular weight excluding hydrogens is 331 g/mol. The fraction of sp³-hybridized carbons (Fsp3) is 0.400. The Morgan fingerprint density at radius 3 is 2.92 bits per heavy atom. The highest BCUT2D eigenvalue weighted by Crippen LogP contribution is 2.21. The predicted octanol–water partition coefficient (Wildman–Crippen LogP) is 3.00. The molecule has 2 heterocycles. The van der Waals surface area contributed by atoms with Crippen molar-refractivity contribution in [3.8, 4) is 0 Å². The Morgan fingerprint density at radius 2 is 2.15 bits per heavy atom. The van der Waals surface area contributed by atoms with Crippen LogP contribution in [0.2, 0.25) is 0 Å². The normalized spacial score (nSPS) is 17.7. The summed E-state index contributed by atoms with van der Waals surface area (Å²) < 4.78 is 13.9. The average molecular weight is 356 g/mol. The van der Waals surface area contributed by atoms with Crippen molar-refractivity contribution >= 4 is 11.7 Å². The molecule has 1 N–H and O–H groups in total. The molecule has 0 bridgehead atoms. The lowest BCUT2D eigenvalue weighted by Crippen LogP contribution is -2.48. The monoisotopic (exact) mass is 356 g/mol. The second-order valence-electron chi connectivity index (χ2n) is 6.69. The molecule has 26 heavy (non-hydrogen) atoms. The molecule has 5 nitrogen and oxygen atoms in total. The molecule has 0 aliphatic carbocycles. The fourth-order valence-electron chi connectivity index (χ4n) is 3.49. The second-order valence-corrected chi connectivity index (χ2v) is 6.69. The molecule has 1 amide bonds. The first kappa shape index (κ1) is 18.3. The van der Waals surface area contributed by atoms with E-state index in [0.717, 1.165) is 25.9 Å². The summed E-state index contributed by atoms with van der Waals surface area (Å²) in [7, 11) is 3.60. The van der Waals surface area contributed by atoms with Gasteiger partial charge in [0.15, 0.2) is 0 Å². The third-order valence-electron chi connectivity index (χ3n) is 4.98. The quantitative estimate of drug-likeness (QED) is 0.895. The Bertz CT molecular complexity index is 767. The Labute approximate surface area is 153 Å². The molecule has 1 aliphatic heterocycles. The molecule has 0 saturated carbocycles. The molecule has 138 valence electrons. The van der Waals surface area contributed by atoms with Gasteiger partial charge in [-0.15, -0.1) is 0 Å². The third-order valence-corrected chi connectivity index (χ3v) is 4.98. The highest BCUT2D eigenvalue weighted by molar-refractivity contribution is 5.98. The van der Waals surface area contributed by atoms with Crippen LogP contribution < -0.4 is 5.32 Å². The summed E-state index contributed by atoms with van der Waals surface area (Å²) in [5, 5.41) is 2.97. The molecular formula is C20H25FN4O. The van der Waals surface area contributed by atoms with Crippen LogP contribution in [0.5, 0.6) is 0 Å². The number of likely N-dealkylation sites (tertiary alicyclic amines) is 1. The van der Waals surface area contributed by atoms with Crippen molar-refractivity contribution in [2.75, 3.05) is 32.5 Å². The first-order valence-electron chi connectivity index (χ1n) is 8.96. The highest BCUT2D eigenvalue weighted by Gasteiger charge is 2.28. The van der Waals surface area contributed by atoms with E-state index >= 15 is 0 Å². The molecule has 1 aromatic heterocycles. The topological polar surface area (TPSA) is 48.5 Å². The van der Waals surface area contributed by atoms with Gasteiger partial charge in [0.2, 0.25) is 0 Å². The highest BCUT2D eigenvalue weighted by atomic mass is 19.1. The van der Waals surface area contributed by atoms with Gasteiger partial charge in [0.25, 0.3) is 5.91 Å². The number of halogens is 1. The van der Waals surface area contributed by atoms with Crippen LogP contribution in [-0.2, 0) is 6.54 Å². The van der Waals surface area contributed by atoms with Gasteiger partial charge in [-0.2, -0.15) is 0 Å². The lowest BCUT2D eigenvalue weighted by atomic mass is 10.0. The molecule has 1 fully saturated rings. The van der Waals surface area contributed by atoms with E-state index in [0.29, 0.717) is 23.5 Å². The molecule has 3 rings (SSSR count). The van der Waals surface area contributed by atoms with E-state index in [1.807, 2.05) is 19.2 Å². The van der Waals surface area contributed by atoms with Crippen LogP contribution in [0.25, 0.3) is 0 Å². The van der Waals surface area contributed by atoms with Crippen LogP contribution in [0.15, 0.2) is 42.6 Å². The zero-order chi connectivity index (χ0) is 18.5. The number of pyridine rings is 1. The van der Waals surface area contributed by atoms with Crippen LogP contribution in [-0.4, -0.2) is 53.9 Å². The Balaban J connectivity index is 1.68. The number of anilines is 1. The van der Waals surface area contributed by atoms with Gasteiger partial charge in [0.1, 0.15) is 11.6 Å². The minimum atomic E-state index is -0.173. The first-order valence-corrected chi connectivity index (χ1v) is 8.96. The van der Waals surface area contributed by atoms with E-state index in [1.54, 1.807) is 36.3 Å². The number of benzene rings is 1. The lowest BCUT2D eigenvalue weighted by Gasteiger charge is -2.37. The average Bonchev–Trinajstić information content (AvgIpc) is 2.69. The molecule has 2 aromatic rings. The zero-order valence-electron chi connectivity index (χ0n) is 15.3. The molecule has 0 radical (unpaired) electrons. The number of piperidine rings is 1. The number of rotatable bonds is 5. The smallest absolute Gasteiger partial charge is 0.257 e. The second kappa shape index (κ2) is 8.27. The summed E-state index contributed by atoms with van der Waals surface area (Å²) >= 11 is 0. The van der Waals surface area contributed by atoms with Gasteiger partial charge in [-0.05, 0) is 37.6 Å². The van der Waals surface area contributed by atoms with E-state index in [-0.39, 0.29) is 17.8 Å². The number of carbonyl (C=O) groups excluding carboxylic acids is 1. The van der Waals surface area contributed by atoms with Crippen molar-refractivity contribution < 1.29 is 9.18 Å². The Kier molecular flexibility index (Phi) is 5.83. The molecule has 0 spiro atoms. The van der Waals surface area contributed by atoms with Crippen LogP contribution >= 0.6 is 0 Å². The van der Waals surface area contributed by atoms with Gasteiger partial charge in [0, 0.05) is 45.0 Å². The summed E-state index contributed by atoms with van der Waals surface area (Å²) in [6, 6.07) is 10.5. The number of carbonyl (C=O) groups is 1. The zero-order valence-corrected chi connectivity index (χ0v) is 15.3. The summed E-state index contributed by atoms with van der Waals surface area (Å²) in [6.45, 7) is 2.23. The molecule has 0 unspecified atom stereocenters. The van der Waals surface area contributed by atoms with E-state index < -0.39 is 0 Å². The lowest BCUT2D eigenvalue weighted by molar-refractivity contribution is 0.0608. The summed E-state index contributed by atoms with van der Waals surface area (Å²) in [5.74, 6) is 0.372. The maximum atomic E-state index is 13.9. The number of nitrogens with zero attached hydrogens (tertiary/aromatic N) is 3. The minimum absolute atomic E-state index is 0.0415.